The molecule has 262 valence electrons. The fourth-order valence-electron chi connectivity index (χ4n) is 5.56. The zero-order chi connectivity index (χ0) is 35.8. The quantitative estimate of drug-likeness (QED) is 0.168. The predicted molar refractivity (Wildman–Crippen MR) is 188 cm³/mol. The Morgan fingerprint density at radius 3 is 2.25 bits per heavy atom. The van der Waals surface area contributed by atoms with Gasteiger partial charge in [0.2, 0.25) is 5.89 Å². The second kappa shape index (κ2) is 14.2. The lowest BCUT2D eigenvalue weighted by molar-refractivity contribution is -0.00244. The molecule has 0 spiro atoms. The summed E-state index contributed by atoms with van der Waals surface area (Å²) >= 11 is 6.17. The van der Waals surface area contributed by atoms with Crippen molar-refractivity contribution in [2.75, 3.05) is 7.05 Å². The molecule has 3 heterocycles. The first-order chi connectivity index (χ1) is 22.2. The molecule has 0 radical (unpaired) electrons. The van der Waals surface area contributed by atoms with Gasteiger partial charge in [-0.3, -0.25) is 9.69 Å². The van der Waals surface area contributed by atoms with Crippen molar-refractivity contribution in [3.8, 4) is 0 Å². The number of hydrogen-bond donors (Lipinski definition) is 0. The Morgan fingerprint density at radius 1 is 1.08 bits per heavy atom. The number of pyridine rings is 1. The van der Waals surface area contributed by atoms with Crippen LogP contribution in [0.2, 0.25) is 23.3 Å². The van der Waals surface area contributed by atoms with E-state index in [2.05, 4.69) is 43.9 Å². The van der Waals surface area contributed by atoms with E-state index >= 15 is 0 Å². The van der Waals surface area contributed by atoms with Crippen LogP contribution in [0.3, 0.4) is 0 Å². The van der Waals surface area contributed by atoms with E-state index in [-0.39, 0.29) is 35.0 Å². The topological polar surface area (TPSA) is 120 Å². The number of hydrogen-bond acceptors (Lipinski definition) is 8. The molecule has 13 heteroatoms. The van der Waals surface area contributed by atoms with Crippen molar-refractivity contribution in [1.82, 2.24) is 24.6 Å². The lowest BCUT2D eigenvalue weighted by Crippen LogP contribution is -2.50. The zero-order valence-corrected chi connectivity index (χ0v) is 31.8. The highest BCUT2D eigenvalue weighted by Gasteiger charge is 2.48. The first-order valence-corrected chi connectivity index (χ1v) is 19.7. The molecular weight excluding hydrogens is 650 g/mol. The number of aromatic nitrogens is 3. The summed E-state index contributed by atoms with van der Waals surface area (Å²) in [6, 6.07) is 10.1. The minimum Gasteiger partial charge on any atom is -0.444 e. The Labute approximate surface area is 289 Å². The van der Waals surface area contributed by atoms with Gasteiger partial charge in [-0.25, -0.2) is 14.6 Å². The number of halogens is 1. The highest BCUT2D eigenvalue weighted by molar-refractivity contribution is 6.74. The van der Waals surface area contributed by atoms with Crippen LogP contribution in [-0.4, -0.2) is 69.6 Å². The number of amides is 2. The molecule has 4 rings (SSSR count). The van der Waals surface area contributed by atoms with Crippen molar-refractivity contribution < 1.29 is 23.2 Å². The van der Waals surface area contributed by atoms with Crippen molar-refractivity contribution in [2.24, 2.45) is 7.05 Å². The molecule has 2 aromatic heterocycles. The lowest BCUT2D eigenvalue weighted by Gasteiger charge is -2.43. The van der Waals surface area contributed by atoms with Crippen LogP contribution < -0.4 is 5.76 Å². The zero-order valence-electron chi connectivity index (χ0n) is 30.0. The average molecular weight is 700 g/mol. The molecule has 1 fully saturated rings. The minimum atomic E-state index is -2.30. The third-order valence-electron chi connectivity index (χ3n) is 9.44. The van der Waals surface area contributed by atoms with Crippen LogP contribution in [0.5, 0.6) is 0 Å². The molecule has 48 heavy (non-hydrogen) atoms. The molecule has 2 amide bonds. The maximum absolute atomic E-state index is 14.0. The number of nitrogens with zero attached hydrogens (tertiary/aromatic N) is 5. The number of likely N-dealkylation sites (tertiary alicyclic amines) is 1. The minimum absolute atomic E-state index is 0.0593. The number of aryl methyl sites for hydroxylation is 1. The molecule has 0 saturated carbocycles. The van der Waals surface area contributed by atoms with E-state index in [0.29, 0.717) is 23.6 Å². The van der Waals surface area contributed by atoms with Crippen LogP contribution >= 0.6 is 11.6 Å². The van der Waals surface area contributed by atoms with Crippen LogP contribution in [-0.2, 0) is 22.6 Å². The van der Waals surface area contributed by atoms with Crippen molar-refractivity contribution in [3.05, 3.63) is 80.9 Å². The molecule has 1 aromatic carbocycles. The van der Waals surface area contributed by atoms with E-state index < -0.39 is 31.8 Å². The van der Waals surface area contributed by atoms with E-state index in [0.717, 1.165) is 22.2 Å². The fourth-order valence-corrected chi connectivity index (χ4v) is 6.95. The van der Waals surface area contributed by atoms with Crippen LogP contribution in [0.25, 0.3) is 0 Å². The third-order valence-corrected chi connectivity index (χ3v) is 14.1. The van der Waals surface area contributed by atoms with Crippen molar-refractivity contribution in [3.63, 3.8) is 0 Å². The van der Waals surface area contributed by atoms with Gasteiger partial charge in [0.05, 0.1) is 12.1 Å². The molecule has 1 saturated heterocycles. The van der Waals surface area contributed by atoms with E-state index in [1.165, 1.54) is 11.9 Å². The van der Waals surface area contributed by atoms with Gasteiger partial charge in [-0.1, -0.05) is 50.6 Å². The standard InChI is InChI=1S/C35H50ClN5O6Si/c1-22(30-38-40(9)32(43)45-30)39(8)31(42)24-14-12-23(13-15-24)20-26-17-18-27(41(26)33(44)46-34(2,3)4)29(25-16-19-28(36)37-21-25)47-48(10,11)35(5,6)7/h12-16,19,21-22,26-27,29H,17-18,20H2,1-11H3/t22-,26?,27-,29-/m1/s1. The summed E-state index contributed by atoms with van der Waals surface area (Å²) in [6.45, 7) is 18.4. The Balaban J connectivity index is 1.61. The maximum atomic E-state index is 14.0. The largest absolute Gasteiger partial charge is 0.444 e. The first kappa shape index (κ1) is 37.3. The van der Waals surface area contributed by atoms with Gasteiger partial charge >= 0.3 is 11.8 Å². The Morgan fingerprint density at radius 2 is 1.73 bits per heavy atom. The Bertz CT molecular complexity index is 1640. The van der Waals surface area contributed by atoms with E-state index in [4.69, 9.17) is 25.2 Å². The number of ether oxygens (including phenoxy) is 1. The predicted octanol–water partition coefficient (Wildman–Crippen LogP) is 7.33. The smallest absolute Gasteiger partial charge is 0.436 e. The molecule has 1 aliphatic heterocycles. The molecular formula is C35H50ClN5O6Si. The van der Waals surface area contributed by atoms with Gasteiger partial charge in [0.1, 0.15) is 16.8 Å². The first-order valence-electron chi connectivity index (χ1n) is 16.4. The summed E-state index contributed by atoms with van der Waals surface area (Å²) in [6.07, 6.45) is 2.98. The lowest BCUT2D eigenvalue weighted by atomic mass is 10.0. The normalized spacial score (nSPS) is 18.5. The number of rotatable bonds is 9. The second-order valence-electron chi connectivity index (χ2n) is 15.2. The summed E-state index contributed by atoms with van der Waals surface area (Å²) in [5.41, 5.74) is 1.65. The third kappa shape index (κ3) is 8.56. The maximum Gasteiger partial charge on any atom is 0.436 e. The molecule has 0 aliphatic carbocycles. The summed E-state index contributed by atoms with van der Waals surface area (Å²) in [5, 5.41) is 4.41. The highest BCUT2D eigenvalue weighted by Crippen LogP contribution is 2.44. The summed E-state index contributed by atoms with van der Waals surface area (Å²) in [5.74, 6) is -0.654. The Kier molecular flexibility index (Phi) is 11.0. The van der Waals surface area contributed by atoms with Gasteiger partial charge in [-0.05, 0) is 88.9 Å². The summed E-state index contributed by atoms with van der Waals surface area (Å²) in [7, 11) is 0.841. The SMILES string of the molecule is C[C@H](c1nn(C)c(=O)o1)N(C)C(=O)c1ccc(CC2CC[C@H]([C@H](O[Si](C)(C)C(C)(C)C)c3ccc(Cl)nc3)N2C(=O)OC(C)(C)C)cc1. The molecule has 1 unspecified atom stereocenters. The van der Waals surface area contributed by atoms with Gasteiger partial charge in [0, 0.05) is 37.5 Å². The van der Waals surface area contributed by atoms with Gasteiger partial charge in [0.25, 0.3) is 5.91 Å². The highest BCUT2D eigenvalue weighted by atomic mass is 35.5. The Hall–Kier alpha value is -3.48. The molecule has 0 bridgehead atoms. The van der Waals surface area contributed by atoms with Crippen molar-refractivity contribution in [2.45, 2.75) is 116 Å². The van der Waals surface area contributed by atoms with Gasteiger partial charge in [-0.15, -0.1) is 5.10 Å². The monoisotopic (exact) mass is 699 g/mol. The van der Waals surface area contributed by atoms with Gasteiger partial charge < -0.3 is 18.5 Å². The molecule has 3 aromatic rings. The molecule has 4 atom stereocenters. The average Bonchev–Trinajstić information content (AvgIpc) is 3.56. The molecule has 1 aliphatic rings. The van der Waals surface area contributed by atoms with Crippen molar-refractivity contribution >= 4 is 31.9 Å². The van der Waals surface area contributed by atoms with Crippen LogP contribution in [0, 0.1) is 0 Å². The number of carbonyl (C=O) groups is 2. The number of benzene rings is 1. The van der Waals surface area contributed by atoms with Crippen LogP contribution in [0.1, 0.15) is 101 Å². The fraction of sp³-hybridized carbons (Fsp3) is 0.571. The van der Waals surface area contributed by atoms with Crippen LogP contribution in [0.15, 0.2) is 51.8 Å². The molecule has 11 nitrogen and oxygen atoms in total. The molecule has 0 N–H and O–H groups in total. The van der Waals surface area contributed by atoms with E-state index in [1.54, 1.807) is 38.4 Å². The van der Waals surface area contributed by atoms with Gasteiger partial charge in [0.15, 0.2) is 8.32 Å². The summed E-state index contributed by atoms with van der Waals surface area (Å²) in [4.78, 5) is 46.8. The van der Waals surface area contributed by atoms with E-state index in [1.807, 2.05) is 43.9 Å². The van der Waals surface area contributed by atoms with Gasteiger partial charge in [-0.2, -0.15) is 4.68 Å². The van der Waals surface area contributed by atoms with Crippen molar-refractivity contribution in [1.29, 1.82) is 0 Å². The summed E-state index contributed by atoms with van der Waals surface area (Å²) < 4.78 is 19.3. The number of carbonyl (C=O) groups excluding carboxylic acids is 2. The van der Waals surface area contributed by atoms with E-state index in [9.17, 15) is 14.4 Å². The van der Waals surface area contributed by atoms with Crippen LogP contribution in [0.4, 0.5) is 4.79 Å². The second-order valence-corrected chi connectivity index (χ2v) is 20.4.